The predicted octanol–water partition coefficient (Wildman–Crippen LogP) is 3.55. The lowest BCUT2D eigenvalue weighted by Crippen LogP contribution is -2.10. The van der Waals surface area contributed by atoms with Crippen LogP contribution >= 0.6 is 11.6 Å². The van der Waals surface area contributed by atoms with Crippen LogP contribution in [0.15, 0.2) is 41.1 Å². The summed E-state index contributed by atoms with van der Waals surface area (Å²) in [5, 5.41) is 5.05. The van der Waals surface area contributed by atoms with Crippen molar-refractivity contribution in [1.82, 2.24) is 19.7 Å². The van der Waals surface area contributed by atoms with Crippen molar-refractivity contribution in [2.24, 2.45) is 0 Å². The van der Waals surface area contributed by atoms with Crippen LogP contribution in [0, 0.1) is 6.92 Å². The number of hydrogen-bond donors (Lipinski definition) is 1. The molecule has 0 atom stereocenters. The predicted molar refractivity (Wildman–Crippen MR) is 119 cm³/mol. The molecule has 33 heavy (non-hydrogen) atoms. The van der Waals surface area contributed by atoms with Crippen LogP contribution in [0.3, 0.4) is 0 Å². The van der Waals surface area contributed by atoms with Crippen LogP contribution in [-0.4, -0.2) is 38.3 Å². The summed E-state index contributed by atoms with van der Waals surface area (Å²) >= 11 is 6.17. The first-order valence-electron chi connectivity index (χ1n) is 10.0. The molecule has 4 rings (SSSR count). The van der Waals surface area contributed by atoms with Crippen LogP contribution < -0.4 is 5.73 Å². The largest absolute Gasteiger partial charge is 0.462 e. The smallest absolute Gasteiger partial charge is 0.342 e. The number of hydrogen-bond acceptors (Lipinski definition) is 9. The number of benzene rings is 1. The number of carbonyl (C=O) groups excluding carboxylic acids is 2. The van der Waals surface area contributed by atoms with Crippen LogP contribution in [0.5, 0.6) is 0 Å². The number of nitrogens with two attached hydrogens (primary N) is 1. The number of halogens is 1. The molecule has 4 aromatic rings. The first-order valence-corrected chi connectivity index (χ1v) is 10.4. The van der Waals surface area contributed by atoms with E-state index in [4.69, 9.17) is 31.2 Å². The Morgan fingerprint density at radius 3 is 2.73 bits per heavy atom. The maximum atomic E-state index is 12.4. The number of fused-ring (bicyclic) bond motifs is 1. The van der Waals surface area contributed by atoms with Gasteiger partial charge in [-0.15, -0.1) is 0 Å². The van der Waals surface area contributed by atoms with Crippen molar-refractivity contribution in [2.75, 3.05) is 12.3 Å². The Labute approximate surface area is 193 Å². The molecule has 0 amide bonds. The van der Waals surface area contributed by atoms with E-state index in [1.54, 1.807) is 30.8 Å². The highest BCUT2D eigenvalue weighted by atomic mass is 35.5. The highest BCUT2D eigenvalue weighted by Gasteiger charge is 2.24. The van der Waals surface area contributed by atoms with Gasteiger partial charge in [0.2, 0.25) is 5.71 Å². The molecule has 170 valence electrons. The van der Waals surface area contributed by atoms with Gasteiger partial charge >= 0.3 is 11.9 Å². The van der Waals surface area contributed by atoms with Gasteiger partial charge in [-0.2, -0.15) is 10.1 Å². The van der Waals surface area contributed by atoms with E-state index in [1.807, 2.05) is 18.2 Å². The van der Waals surface area contributed by atoms with E-state index in [-0.39, 0.29) is 47.1 Å². The number of aryl methyl sites for hydroxylation is 1. The average molecular weight is 470 g/mol. The molecular weight excluding hydrogens is 450 g/mol. The number of ether oxygens (including phenoxy) is 2. The van der Waals surface area contributed by atoms with Crippen molar-refractivity contribution < 1.29 is 23.5 Å². The Balaban J connectivity index is 1.46. The molecule has 0 radical (unpaired) electrons. The van der Waals surface area contributed by atoms with E-state index >= 15 is 0 Å². The molecule has 0 aliphatic heterocycles. The molecule has 0 aliphatic rings. The molecule has 3 heterocycles. The molecule has 3 aromatic heterocycles. The molecule has 11 heteroatoms. The number of carbonyl (C=O) groups is 2. The van der Waals surface area contributed by atoms with Gasteiger partial charge in [0, 0.05) is 11.2 Å². The number of aromatic nitrogens is 4. The minimum Gasteiger partial charge on any atom is -0.462 e. The van der Waals surface area contributed by atoms with Crippen molar-refractivity contribution in [3.63, 3.8) is 0 Å². The monoisotopic (exact) mass is 469 g/mol. The van der Waals surface area contributed by atoms with Gasteiger partial charge in [-0.05, 0) is 25.5 Å². The molecule has 0 saturated carbocycles. The molecule has 10 nitrogen and oxygen atoms in total. The summed E-state index contributed by atoms with van der Waals surface area (Å²) in [7, 11) is 0. The molecule has 1 aromatic carbocycles. The van der Waals surface area contributed by atoms with Gasteiger partial charge in [-0.3, -0.25) is 4.68 Å². The maximum absolute atomic E-state index is 12.4. The third-order valence-electron chi connectivity index (χ3n) is 4.77. The van der Waals surface area contributed by atoms with E-state index in [2.05, 4.69) is 15.1 Å². The minimum absolute atomic E-state index is 0.0264. The van der Waals surface area contributed by atoms with Crippen molar-refractivity contribution >= 4 is 40.5 Å². The number of esters is 2. The van der Waals surface area contributed by atoms with Crippen LogP contribution in [0.4, 0.5) is 5.82 Å². The molecule has 2 N–H and O–H groups in total. The average Bonchev–Trinajstić information content (AvgIpc) is 3.38. The fourth-order valence-corrected chi connectivity index (χ4v) is 3.46. The second kappa shape index (κ2) is 9.29. The highest BCUT2D eigenvalue weighted by Crippen LogP contribution is 2.29. The van der Waals surface area contributed by atoms with E-state index in [1.165, 1.54) is 6.20 Å². The molecule has 0 bridgehead atoms. The fraction of sp³-hybridized carbons (Fsp3) is 0.227. The maximum Gasteiger partial charge on any atom is 0.342 e. The summed E-state index contributed by atoms with van der Waals surface area (Å²) in [5.74, 6) is -0.716. The van der Waals surface area contributed by atoms with Crippen LogP contribution in [0.1, 0.15) is 44.8 Å². The lowest BCUT2D eigenvalue weighted by Gasteiger charge is -2.05. The van der Waals surface area contributed by atoms with Crippen LogP contribution in [0.25, 0.3) is 11.1 Å². The molecule has 0 unspecified atom stereocenters. The molecule has 0 saturated heterocycles. The van der Waals surface area contributed by atoms with Gasteiger partial charge in [0.15, 0.2) is 12.4 Å². The number of nitrogen functional groups attached to an aromatic ring is 1. The van der Waals surface area contributed by atoms with Crippen LogP contribution in [0.2, 0.25) is 5.02 Å². The molecule has 0 spiro atoms. The Bertz CT molecular complexity index is 1350. The molecule has 0 fully saturated rings. The topological polar surface area (TPSA) is 135 Å². The fourth-order valence-electron chi connectivity index (χ4n) is 3.27. The summed E-state index contributed by atoms with van der Waals surface area (Å²) in [5.41, 5.74) is 7.45. The Morgan fingerprint density at radius 2 is 1.97 bits per heavy atom. The van der Waals surface area contributed by atoms with Gasteiger partial charge in [-0.25, -0.2) is 14.6 Å². The Kier molecular flexibility index (Phi) is 6.27. The number of rotatable bonds is 7. The lowest BCUT2D eigenvalue weighted by molar-refractivity contribution is 0.0461. The van der Waals surface area contributed by atoms with Crippen molar-refractivity contribution in [1.29, 1.82) is 0 Å². The van der Waals surface area contributed by atoms with Gasteiger partial charge in [0.1, 0.15) is 17.1 Å². The van der Waals surface area contributed by atoms with E-state index in [9.17, 15) is 9.59 Å². The summed E-state index contributed by atoms with van der Waals surface area (Å²) in [6.45, 7) is 3.66. The van der Waals surface area contributed by atoms with Gasteiger partial charge < -0.3 is 19.6 Å². The minimum atomic E-state index is -0.606. The lowest BCUT2D eigenvalue weighted by atomic mass is 10.2. The van der Waals surface area contributed by atoms with E-state index in [0.717, 1.165) is 5.56 Å². The normalized spacial score (nSPS) is 11.0. The van der Waals surface area contributed by atoms with Gasteiger partial charge in [-0.1, -0.05) is 29.8 Å². The zero-order chi connectivity index (χ0) is 23.5. The SMILES string of the molecule is CCOC(=O)c1c(C)oc2nc(COC(=O)c3cnn(Cc4ccccc4Cl)c3)nc(N)c12. The third-order valence-corrected chi connectivity index (χ3v) is 5.14. The molecular formula is C22H20ClN5O5. The third kappa shape index (κ3) is 4.65. The first-order chi connectivity index (χ1) is 15.9. The molecule has 0 aliphatic carbocycles. The summed E-state index contributed by atoms with van der Waals surface area (Å²) in [6, 6.07) is 7.38. The summed E-state index contributed by atoms with van der Waals surface area (Å²) < 4.78 is 17.5. The number of anilines is 1. The highest BCUT2D eigenvalue weighted by molar-refractivity contribution is 6.31. The summed E-state index contributed by atoms with van der Waals surface area (Å²) in [4.78, 5) is 33.0. The van der Waals surface area contributed by atoms with Crippen molar-refractivity contribution in [3.05, 3.63) is 70.0 Å². The van der Waals surface area contributed by atoms with Gasteiger partial charge in [0.25, 0.3) is 0 Å². The van der Waals surface area contributed by atoms with Crippen LogP contribution in [-0.2, 0) is 22.6 Å². The zero-order valence-corrected chi connectivity index (χ0v) is 18.6. The number of nitrogens with zero attached hydrogens (tertiary/aromatic N) is 4. The van der Waals surface area contributed by atoms with Gasteiger partial charge in [0.05, 0.1) is 30.3 Å². The van der Waals surface area contributed by atoms with Crippen molar-refractivity contribution in [2.45, 2.75) is 27.0 Å². The second-order valence-electron chi connectivity index (χ2n) is 7.05. The van der Waals surface area contributed by atoms with E-state index in [0.29, 0.717) is 17.3 Å². The standard InChI is InChI=1S/C22H20ClN5O5/c1-3-31-22(30)17-12(2)33-20-18(17)19(24)26-16(27-20)11-32-21(29)14-8-25-28(10-14)9-13-6-4-5-7-15(13)23/h4-8,10H,3,9,11H2,1-2H3,(H2,24,26,27). The second-order valence-corrected chi connectivity index (χ2v) is 7.46. The van der Waals surface area contributed by atoms with E-state index < -0.39 is 11.9 Å². The van der Waals surface area contributed by atoms with Crippen molar-refractivity contribution in [3.8, 4) is 0 Å². The Morgan fingerprint density at radius 1 is 1.18 bits per heavy atom. The first kappa shape index (κ1) is 22.3. The quantitative estimate of drug-likeness (QED) is 0.403. The Hall–Kier alpha value is -3.92. The number of furan rings is 1. The zero-order valence-electron chi connectivity index (χ0n) is 17.9. The summed E-state index contributed by atoms with van der Waals surface area (Å²) in [6.07, 6.45) is 2.96.